The van der Waals surface area contributed by atoms with Crippen LogP contribution in [0, 0.1) is 6.92 Å². The van der Waals surface area contributed by atoms with Crippen molar-refractivity contribution >= 4 is 40.5 Å². The second-order valence-electron chi connectivity index (χ2n) is 7.23. The summed E-state index contributed by atoms with van der Waals surface area (Å²) in [4.78, 5) is 25.0. The number of aliphatic hydroxyl groups excluding tert-OH is 1. The van der Waals surface area contributed by atoms with Gasteiger partial charge in [-0.3, -0.25) is 4.79 Å². The van der Waals surface area contributed by atoms with Gasteiger partial charge in [0, 0.05) is 23.4 Å². The Labute approximate surface area is 197 Å². The molecule has 4 N–H and O–H groups in total. The molecule has 172 valence electrons. The quantitative estimate of drug-likeness (QED) is 0.327. The summed E-state index contributed by atoms with van der Waals surface area (Å²) in [5.41, 5.74) is 3.62. The first-order valence-electron chi connectivity index (χ1n) is 10.5. The number of carbonyl (C=O) groups excluding carboxylic acids is 2. The number of hydrogen-bond acceptors (Lipinski definition) is 5. The molecule has 3 aromatic carbocycles. The van der Waals surface area contributed by atoms with E-state index in [4.69, 9.17) is 21.4 Å². The average Bonchev–Trinajstić information content (AvgIpc) is 2.79. The van der Waals surface area contributed by atoms with Crippen molar-refractivity contribution in [3.05, 3.63) is 82.4 Å². The van der Waals surface area contributed by atoms with Crippen LogP contribution in [0.2, 0.25) is 5.02 Å². The molecule has 7 nitrogen and oxygen atoms in total. The molecule has 0 unspecified atom stereocenters. The zero-order valence-corrected chi connectivity index (χ0v) is 19.2. The van der Waals surface area contributed by atoms with Gasteiger partial charge in [-0.15, -0.1) is 0 Å². The van der Waals surface area contributed by atoms with Crippen molar-refractivity contribution in [3.63, 3.8) is 0 Å². The molecule has 0 radical (unpaired) electrons. The Morgan fingerprint density at radius 2 is 1.73 bits per heavy atom. The van der Waals surface area contributed by atoms with Gasteiger partial charge >= 0.3 is 6.03 Å². The first-order valence-corrected chi connectivity index (χ1v) is 10.9. The predicted molar refractivity (Wildman–Crippen MR) is 131 cm³/mol. The van der Waals surface area contributed by atoms with E-state index in [1.165, 1.54) is 0 Å². The fourth-order valence-electron chi connectivity index (χ4n) is 3.25. The molecule has 0 aliphatic carbocycles. The molecule has 2 amide bonds. The number of benzene rings is 3. The number of nitrogens with one attached hydrogen (secondary N) is 3. The van der Waals surface area contributed by atoms with Crippen LogP contribution in [0.1, 0.15) is 28.4 Å². The molecule has 0 heterocycles. The van der Waals surface area contributed by atoms with Gasteiger partial charge in [-0.2, -0.15) is 0 Å². The molecule has 33 heavy (non-hydrogen) atoms. The molecule has 0 spiro atoms. The first-order chi connectivity index (χ1) is 15.9. The number of aryl methyl sites for hydroxylation is 1. The van der Waals surface area contributed by atoms with Crippen molar-refractivity contribution in [2.75, 3.05) is 30.4 Å². The second-order valence-corrected chi connectivity index (χ2v) is 7.63. The van der Waals surface area contributed by atoms with E-state index in [-0.39, 0.29) is 25.0 Å². The van der Waals surface area contributed by atoms with Crippen molar-refractivity contribution in [2.45, 2.75) is 13.8 Å². The number of rotatable bonds is 9. The SMILES string of the molecule is CCNC(=O)Nc1ccccc1Nc1ccc(C(=O)c2ccc(OCCO)cc2C)c(Cl)c1. The lowest BCUT2D eigenvalue weighted by molar-refractivity contribution is 0.103. The zero-order valence-electron chi connectivity index (χ0n) is 18.4. The third kappa shape index (κ3) is 6.25. The largest absolute Gasteiger partial charge is 0.491 e. The highest BCUT2D eigenvalue weighted by atomic mass is 35.5. The van der Waals surface area contributed by atoms with E-state index in [1.54, 1.807) is 42.5 Å². The van der Waals surface area contributed by atoms with E-state index < -0.39 is 0 Å². The topological polar surface area (TPSA) is 99.7 Å². The Balaban J connectivity index is 1.79. The molecule has 0 aromatic heterocycles. The van der Waals surface area contributed by atoms with Gasteiger partial charge in [-0.1, -0.05) is 23.7 Å². The van der Waals surface area contributed by atoms with Crippen LogP contribution >= 0.6 is 11.6 Å². The maximum atomic E-state index is 13.1. The number of ether oxygens (including phenoxy) is 1. The maximum absolute atomic E-state index is 13.1. The molecule has 0 saturated heterocycles. The summed E-state index contributed by atoms with van der Waals surface area (Å²) in [5.74, 6) is 0.389. The molecule has 0 saturated carbocycles. The molecule has 0 aliphatic heterocycles. The molecule has 3 rings (SSSR count). The minimum atomic E-state index is -0.297. The van der Waals surface area contributed by atoms with Gasteiger partial charge in [-0.05, 0) is 67.9 Å². The van der Waals surface area contributed by atoms with E-state index in [0.29, 0.717) is 45.5 Å². The molecule has 8 heteroatoms. The van der Waals surface area contributed by atoms with E-state index in [2.05, 4.69) is 16.0 Å². The van der Waals surface area contributed by atoms with Gasteiger partial charge in [0.25, 0.3) is 0 Å². The van der Waals surface area contributed by atoms with Crippen molar-refractivity contribution in [1.29, 1.82) is 0 Å². The highest BCUT2D eigenvalue weighted by Gasteiger charge is 2.16. The number of halogens is 1. The van der Waals surface area contributed by atoms with Crippen LogP contribution in [0.15, 0.2) is 60.7 Å². The van der Waals surface area contributed by atoms with Gasteiger partial charge in [-0.25, -0.2) is 4.79 Å². The highest BCUT2D eigenvalue weighted by Crippen LogP contribution is 2.30. The summed E-state index contributed by atoms with van der Waals surface area (Å²) in [7, 11) is 0. The van der Waals surface area contributed by atoms with E-state index in [0.717, 1.165) is 5.56 Å². The highest BCUT2D eigenvalue weighted by molar-refractivity contribution is 6.35. The fraction of sp³-hybridized carbons (Fsp3) is 0.200. The molecular formula is C25H26ClN3O4. The summed E-state index contributed by atoms with van der Waals surface area (Å²) in [6.07, 6.45) is 0. The Hall–Kier alpha value is -3.55. The number of amides is 2. The molecule has 0 bridgehead atoms. The zero-order chi connectivity index (χ0) is 23.8. The van der Waals surface area contributed by atoms with E-state index >= 15 is 0 Å². The minimum Gasteiger partial charge on any atom is -0.491 e. The lowest BCUT2D eigenvalue weighted by atomic mass is 9.98. The lowest BCUT2D eigenvalue weighted by Crippen LogP contribution is -2.28. The standard InChI is InChI=1S/C25H26ClN3O4/c1-3-27-25(32)29-23-7-5-4-6-22(23)28-17-8-10-20(21(26)15-17)24(31)19-11-9-18(14-16(19)2)33-13-12-30/h4-11,14-15,28,30H,3,12-13H2,1-2H3,(H2,27,29,32). The minimum absolute atomic E-state index is 0.0812. The average molecular weight is 468 g/mol. The molecule has 0 atom stereocenters. The van der Waals surface area contributed by atoms with Crippen molar-refractivity contribution in [1.82, 2.24) is 5.32 Å². The maximum Gasteiger partial charge on any atom is 0.319 e. The van der Waals surface area contributed by atoms with Gasteiger partial charge in [0.15, 0.2) is 5.78 Å². The summed E-state index contributed by atoms with van der Waals surface area (Å²) in [6.45, 7) is 4.29. The van der Waals surface area contributed by atoms with Crippen LogP contribution in [0.5, 0.6) is 5.75 Å². The Morgan fingerprint density at radius 1 is 1.00 bits per heavy atom. The van der Waals surface area contributed by atoms with E-state index in [9.17, 15) is 9.59 Å². The summed E-state index contributed by atoms with van der Waals surface area (Å²) in [5, 5.41) is 17.9. The second kappa shape index (κ2) is 11.4. The molecular weight excluding hydrogens is 442 g/mol. The van der Waals surface area contributed by atoms with Crippen LogP contribution in [0.25, 0.3) is 0 Å². The van der Waals surface area contributed by atoms with Crippen LogP contribution in [-0.2, 0) is 0 Å². The van der Waals surface area contributed by atoms with Gasteiger partial charge in [0.1, 0.15) is 12.4 Å². The summed E-state index contributed by atoms with van der Waals surface area (Å²) in [6, 6.07) is 17.2. The number of carbonyl (C=O) groups is 2. The van der Waals surface area contributed by atoms with Crippen LogP contribution in [-0.4, -0.2) is 36.7 Å². The Kier molecular flexibility index (Phi) is 8.29. The number of para-hydroxylation sites is 2. The van der Waals surface area contributed by atoms with Crippen LogP contribution in [0.4, 0.5) is 21.9 Å². The van der Waals surface area contributed by atoms with Crippen LogP contribution < -0.4 is 20.7 Å². The molecule has 3 aromatic rings. The van der Waals surface area contributed by atoms with E-state index in [1.807, 2.05) is 32.0 Å². The Morgan fingerprint density at radius 3 is 2.39 bits per heavy atom. The number of urea groups is 1. The smallest absolute Gasteiger partial charge is 0.319 e. The first kappa shape index (κ1) is 24.1. The summed E-state index contributed by atoms with van der Waals surface area (Å²) < 4.78 is 5.39. The normalized spacial score (nSPS) is 10.4. The third-order valence-electron chi connectivity index (χ3n) is 4.81. The fourth-order valence-corrected chi connectivity index (χ4v) is 3.52. The van der Waals surface area contributed by atoms with Gasteiger partial charge in [0.2, 0.25) is 0 Å². The monoisotopic (exact) mass is 467 g/mol. The van der Waals surface area contributed by atoms with Crippen molar-refractivity contribution in [2.24, 2.45) is 0 Å². The Bertz CT molecular complexity index is 1150. The molecule has 0 fully saturated rings. The third-order valence-corrected chi connectivity index (χ3v) is 5.12. The molecule has 0 aliphatic rings. The van der Waals surface area contributed by atoms with Crippen LogP contribution in [0.3, 0.4) is 0 Å². The van der Waals surface area contributed by atoms with Crippen molar-refractivity contribution < 1.29 is 19.4 Å². The lowest BCUT2D eigenvalue weighted by Gasteiger charge is -2.14. The summed E-state index contributed by atoms with van der Waals surface area (Å²) >= 11 is 6.46. The number of aliphatic hydroxyl groups is 1. The number of ketones is 1. The predicted octanol–water partition coefficient (Wildman–Crippen LogP) is 5.14. The number of hydrogen-bond donors (Lipinski definition) is 4. The van der Waals surface area contributed by atoms with Gasteiger partial charge < -0.3 is 25.8 Å². The number of anilines is 3. The van der Waals surface area contributed by atoms with Gasteiger partial charge in [0.05, 0.1) is 23.0 Å². The van der Waals surface area contributed by atoms with Crippen molar-refractivity contribution in [3.8, 4) is 5.75 Å².